The Morgan fingerprint density at radius 2 is 1.68 bits per heavy atom. The van der Waals surface area contributed by atoms with E-state index in [1.165, 1.54) is 6.92 Å². The summed E-state index contributed by atoms with van der Waals surface area (Å²) in [5.41, 5.74) is -0.198. The van der Waals surface area contributed by atoms with Crippen LogP contribution in [0.25, 0.3) is 0 Å². The van der Waals surface area contributed by atoms with E-state index < -0.39 is 12.8 Å². The number of carbonyl (C=O) groups excluding carboxylic acids is 1. The molecular weight excluding hydrogens is 287 g/mol. The van der Waals surface area contributed by atoms with Gasteiger partial charge in [0.05, 0.1) is 0 Å². The average molecular weight is 311 g/mol. The van der Waals surface area contributed by atoms with Gasteiger partial charge >= 0.3 is 7.60 Å². The number of rotatable bonds is 8. The normalized spacial score (nSPS) is 14.3. The van der Waals surface area contributed by atoms with Crippen molar-refractivity contribution in [3.63, 3.8) is 0 Å². The molecule has 0 bridgehead atoms. The Bertz CT molecular complexity index is 393. The molecule has 0 aliphatic heterocycles. The van der Waals surface area contributed by atoms with Crippen LogP contribution in [0.1, 0.15) is 59.8 Å². The van der Waals surface area contributed by atoms with E-state index in [4.69, 9.17) is 11.6 Å². The van der Waals surface area contributed by atoms with E-state index in [9.17, 15) is 19.1 Å². The monoisotopic (exact) mass is 310 g/mol. The molecule has 0 rings (SSSR count). The van der Waals surface area contributed by atoms with Gasteiger partial charge in [0.2, 0.25) is 5.24 Å². The van der Waals surface area contributed by atoms with Crippen LogP contribution in [0.5, 0.6) is 0 Å². The molecule has 112 valence electrons. The van der Waals surface area contributed by atoms with Crippen LogP contribution in [0.2, 0.25) is 0 Å². The second-order valence-corrected chi connectivity index (χ2v) is 6.99. The summed E-state index contributed by atoms with van der Waals surface area (Å²) < 4.78 is 11.6. The van der Waals surface area contributed by atoms with Crippen molar-refractivity contribution < 1.29 is 19.1 Å². The van der Waals surface area contributed by atoms with E-state index in [1.807, 2.05) is 20.8 Å². The molecule has 0 fully saturated rings. The second kappa shape index (κ2) is 7.58. The molecular formula is C13H24ClO4P. The Kier molecular flexibility index (Phi) is 7.52. The molecule has 0 saturated carbocycles. The van der Waals surface area contributed by atoms with Crippen LogP contribution in [0.3, 0.4) is 0 Å². The van der Waals surface area contributed by atoms with E-state index in [2.05, 4.69) is 0 Å². The van der Waals surface area contributed by atoms with Gasteiger partial charge in [-0.3, -0.25) is 9.36 Å². The van der Waals surface area contributed by atoms with Crippen LogP contribution < -0.4 is 0 Å². The van der Waals surface area contributed by atoms with Crippen molar-refractivity contribution in [3.05, 3.63) is 10.9 Å². The molecule has 6 heteroatoms. The van der Waals surface area contributed by atoms with Crippen molar-refractivity contribution in [2.75, 3.05) is 0 Å². The highest BCUT2D eigenvalue weighted by Gasteiger charge is 2.34. The molecule has 0 aliphatic carbocycles. The molecule has 0 aliphatic rings. The van der Waals surface area contributed by atoms with Gasteiger partial charge in [0.15, 0.2) is 0 Å². The third-order valence-corrected chi connectivity index (χ3v) is 5.38. The van der Waals surface area contributed by atoms with Crippen LogP contribution in [0.4, 0.5) is 0 Å². The smallest absolute Gasteiger partial charge is 0.321 e. The van der Waals surface area contributed by atoms with Crippen molar-refractivity contribution in [2.45, 2.75) is 59.8 Å². The number of hydrogen-bond acceptors (Lipinski definition) is 2. The average Bonchev–Trinajstić information content (AvgIpc) is 2.32. The number of allylic oxidation sites excluding steroid dienone is 2. The van der Waals surface area contributed by atoms with Crippen molar-refractivity contribution in [2.24, 2.45) is 5.41 Å². The summed E-state index contributed by atoms with van der Waals surface area (Å²) in [5, 5.41) is -0.902. The maximum atomic E-state index is 11.6. The number of halogens is 1. The lowest BCUT2D eigenvalue weighted by molar-refractivity contribution is -0.108. The fraction of sp³-hybridized carbons (Fsp3) is 0.769. The van der Waals surface area contributed by atoms with Crippen LogP contribution in [-0.4, -0.2) is 15.0 Å². The SMILES string of the molecule is CCCC(CC)(CC)CC(=C(C)C(=O)Cl)P(=O)(O)O. The predicted octanol–water partition coefficient (Wildman–Crippen LogP) is 4.20. The summed E-state index contributed by atoms with van der Waals surface area (Å²) in [5.74, 6) is 0. The van der Waals surface area contributed by atoms with E-state index in [1.54, 1.807) is 0 Å². The van der Waals surface area contributed by atoms with Gasteiger partial charge in [0.25, 0.3) is 0 Å². The van der Waals surface area contributed by atoms with Crippen LogP contribution in [0.15, 0.2) is 10.9 Å². The Labute approximate surface area is 120 Å². The van der Waals surface area contributed by atoms with Gasteiger partial charge in [-0.2, -0.15) is 0 Å². The van der Waals surface area contributed by atoms with Crippen LogP contribution >= 0.6 is 19.2 Å². The van der Waals surface area contributed by atoms with Crippen LogP contribution in [-0.2, 0) is 9.36 Å². The maximum Gasteiger partial charge on any atom is 0.352 e. The zero-order valence-corrected chi connectivity index (χ0v) is 13.7. The van der Waals surface area contributed by atoms with Gasteiger partial charge in [0.1, 0.15) is 0 Å². The summed E-state index contributed by atoms with van der Waals surface area (Å²) in [6.45, 7) is 7.44. The molecule has 2 N–H and O–H groups in total. The molecule has 0 amide bonds. The molecule has 0 unspecified atom stereocenters. The Hall–Kier alpha value is -0.150. The zero-order valence-electron chi connectivity index (χ0n) is 12.1. The highest BCUT2D eigenvalue weighted by atomic mass is 35.5. The topological polar surface area (TPSA) is 74.6 Å². The van der Waals surface area contributed by atoms with Crippen molar-refractivity contribution in [1.82, 2.24) is 0 Å². The molecule has 0 aromatic carbocycles. The minimum absolute atomic E-state index is 0.0163. The maximum absolute atomic E-state index is 11.6. The van der Waals surface area contributed by atoms with Gasteiger partial charge < -0.3 is 9.79 Å². The minimum atomic E-state index is -4.46. The summed E-state index contributed by atoms with van der Waals surface area (Å²) in [4.78, 5) is 30.1. The third kappa shape index (κ3) is 5.39. The van der Waals surface area contributed by atoms with Gasteiger partial charge in [0, 0.05) is 10.9 Å². The molecule has 0 spiro atoms. The highest BCUT2D eigenvalue weighted by molar-refractivity contribution is 7.56. The standard InChI is InChI=1S/C13H24ClO4P/c1-5-8-13(6-2,7-3)9-11(19(16,17)18)10(4)12(14)15/h5-9H2,1-4H3,(H2,16,17,18). The van der Waals surface area contributed by atoms with Gasteiger partial charge in [-0.05, 0) is 36.8 Å². The molecule has 0 heterocycles. The number of carbonyl (C=O) groups is 1. The lowest BCUT2D eigenvalue weighted by Crippen LogP contribution is -2.20. The quantitative estimate of drug-likeness (QED) is 0.400. The first-order chi connectivity index (χ1) is 8.63. The Balaban J connectivity index is 5.63. The largest absolute Gasteiger partial charge is 0.352 e. The zero-order chi connectivity index (χ0) is 15.3. The van der Waals surface area contributed by atoms with E-state index >= 15 is 0 Å². The van der Waals surface area contributed by atoms with Gasteiger partial charge in [-0.1, -0.05) is 40.0 Å². The van der Waals surface area contributed by atoms with E-state index in [0.29, 0.717) is 0 Å². The predicted molar refractivity (Wildman–Crippen MR) is 78.1 cm³/mol. The summed E-state index contributed by atoms with van der Waals surface area (Å²) in [6.07, 6.45) is 3.65. The third-order valence-electron chi connectivity index (χ3n) is 3.90. The lowest BCUT2D eigenvalue weighted by Gasteiger charge is -2.33. The van der Waals surface area contributed by atoms with Crippen LogP contribution in [0, 0.1) is 5.41 Å². The lowest BCUT2D eigenvalue weighted by atomic mass is 9.75. The van der Waals surface area contributed by atoms with E-state index in [-0.39, 0.29) is 22.7 Å². The first-order valence-electron chi connectivity index (χ1n) is 6.59. The molecule has 0 radical (unpaired) electrons. The van der Waals surface area contributed by atoms with Crippen molar-refractivity contribution >= 4 is 24.4 Å². The first kappa shape index (κ1) is 18.9. The first-order valence-corrected chi connectivity index (χ1v) is 8.58. The number of hydrogen-bond donors (Lipinski definition) is 2. The highest BCUT2D eigenvalue weighted by Crippen LogP contribution is 2.54. The molecule has 0 aromatic rings. The molecule has 0 aromatic heterocycles. The molecule has 19 heavy (non-hydrogen) atoms. The molecule has 0 saturated heterocycles. The fourth-order valence-corrected chi connectivity index (χ4v) is 3.65. The van der Waals surface area contributed by atoms with E-state index in [0.717, 1.165) is 25.7 Å². The summed E-state index contributed by atoms with van der Waals surface area (Å²) in [6, 6.07) is 0. The molecule has 0 atom stereocenters. The second-order valence-electron chi connectivity index (χ2n) is 5.02. The fourth-order valence-electron chi connectivity index (χ4n) is 2.39. The van der Waals surface area contributed by atoms with Crippen molar-refractivity contribution in [1.29, 1.82) is 0 Å². The Morgan fingerprint density at radius 3 is 1.95 bits per heavy atom. The summed E-state index contributed by atoms with van der Waals surface area (Å²) in [7, 11) is -4.46. The summed E-state index contributed by atoms with van der Waals surface area (Å²) >= 11 is 5.38. The van der Waals surface area contributed by atoms with Crippen molar-refractivity contribution in [3.8, 4) is 0 Å². The van der Waals surface area contributed by atoms with Gasteiger partial charge in [-0.15, -0.1) is 0 Å². The minimum Gasteiger partial charge on any atom is -0.321 e. The van der Waals surface area contributed by atoms with Gasteiger partial charge in [-0.25, -0.2) is 0 Å². The Morgan fingerprint density at radius 1 is 1.21 bits per heavy atom. The molecule has 4 nitrogen and oxygen atoms in total.